The second-order valence-electron chi connectivity index (χ2n) is 11.1. The molecule has 1 aromatic rings. The molecule has 0 nitrogen and oxygen atoms in total. The van der Waals surface area contributed by atoms with E-state index in [1.165, 1.54) is 82.6 Å². The Hall–Kier alpha value is -0.780. The van der Waals surface area contributed by atoms with Gasteiger partial charge in [-0.05, 0) is 85.2 Å². The van der Waals surface area contributed by atoms with Crippen LogP contribution in [0.1, 0.15) is 121 Å². The van der Waals surface area contributed by atoms with Crippen molar-refractivity contribution in [2.45, 2.75) is 116 Å². The van der Waals surface area contributed by atoms with E-state index in [-0.39, 0.29) is 0 Å². The van der Waals surface area contributed by atoms with Gasteiger partial charge in [-0.1, -0.05) is 95.9 Å². The quantitative estimate of drug-likeness (QED) is 0.433. The fraction of sp³-hybridized carbons (Fsp3) is 0.793. The highest BCUT2D eigenvalue weighted by molar-refractivity contribution is 5.26. The van der Waals surface area contributed by atoms with E-state index in [0.717, 1.165) is 35.5 Å². The summed E-state index contributed by atoms with van der Waals surface area (Å²) in [5.41, 5.74) is 3.15. The van der Waals surface area contributed by atoms with Gasteiger partial charge in [-0.15, -0.1) is 0 Å². The van der Waals surface area contributed by atoms with Crippen molar-refractivity contribution in [3.8, 4) is 0 Å². The average Bonchev–Trinajstić information content (AvgIpc) is 2.78. The van der Waals surface area contributed by atoms with Crippen LogP contribution in [0.25, 0.3) is 0 Å². The molecule has 3 saturated carbocycles. The first-order valence-electron chi connectivity index (χ1n) is 13.3. The number of hydrogen-bond acceptors (Lipinski definition) is 0. The number of benzene rings is 1. The zero-order chi connectivity index (χ0) is 20.1. The van der Waals surface area contributed by atoms with Crippen molar-refractivity contribution in [3.63, 3.8) is 0 Å². The monoisotopic (exact) mass is 394 g/mol. The Bertz CT molecular complexity index is 591. The molecule has 162 valence electrons. The molecule has 1 aromatic carbocycles. The maximum atomic E-state index is 2.45. The summed E-state index contributed by atoms with van der Waals surface area (Å²) >= 11 is 0. The molecule has 0 N–H and O–H groups in total. The Kier molecular flexibility index (Phi) is 7.77. The van der Waals surface area contributed by atoms with Gasteiger partial charge in [0.05, 0.1) is 0 Å². The predicted octanol–water partition coefficient (Wildman–Crippen LogP) is 8.94. The smallest absolute Gasteiger partial charge is 0.0159 e. The van der Waals surface area contributed by atoms with E-state index in [0.29, 0.717) is 0 Å². The van der Waals surface area contributed by atoms with Crippen LogP contribution in [0.4, 0.5) is 0 Å². The van der Waals surface area contributed by atoms with Gasteiger partial charge in [-0.3, -0.25) is 0 Å². The van der Waals surface area contributed by atoms with E-state index in [1.807, 2.05) is 0 Å². The van der Waals surface area contributed by atoms with Gasteiger partial charge in [0.2, 0.25) is 0 Å². The van der Waals surface area contributed by atoms with E-state index < -0.39 is 0 Å². The van der Waals surface area contributed by atoms with Crippen LogP contribution in [0.3, 0.4) is 0 Å². The molecule has 0 aliphatic heterocycles. The number of fused-ring (bicyclic) bond motifs is 1. The van der Waals surface area contributed by atoms with Crippen LogP contribution in [-0.4, -0.2) is 0 Å². The van der Waals surface area contributed by atoms with Crippen LogP contribution < -0.4 is 0 Å². The van der Waals surface area contributed by atoms with E-state index >= 15 is 0 Å². The Labute approximate surface area is 181 Å². The molecule has 3 fully saturated rings. The Morgan fingerprint density at radius 2 is 1.28 bits per heavy atom. The van der Waals surface area contributed by atoms with E-state index in [2.05, 4.69) is 38.1 Å². The molecule has 0 aromatic heterocycles. The topological polar surface area (TPSA) is 0 Å². The normalized spacial score (nSPS) is 35.2. The summed E-state index contributed by atoms with van der Waals surface area (Å²) in [6, 6.07) is 9.70. The van der Waals surface area contributed by atoms with Gasteiger partial charge in [0, 0.05) is 0 Å². The molecule has 4 unspecified atom stereocenters. The Balaban J connectivity index is 1.21. The zero-order valence-corrected chi connectivity index (χ0v) is 19.4. The lowest BCUT2D eigenvalue weighted by Crippen LogP contribution is -2.30. The minimum Gasteiger partial charge on any atom is -0.0651 e. The highest BCUT2D eigenvalue weighted by Gasteiger charge is 2.36. The molecular formula is C29H46. The zero-order valence-electron chi connectivity index (χ0n) is 19.4. The van der Waals surface area contributed by atoms with Crippen molar-refractivity contribution in [2.24, 2.45) is 29.6 Å². The van der Waals surface area contributed by atoms with Crippen molar-refractivity contribution in [1.29, 1.82) is 0 Å². The highest BCUT2D eigenvalue weighted by atomic mass is 14.4. The maximum Gasteiger partial charge on any atom is -0.0159 e. The number of aryl methyl sites for hydroxylation is 1. The minimum atomic E-state index is 0.845. The summed E-state index contributed by atoms with van der Waals surface area (Å²) in [6.45, 7) is 4.67. The third-order valence-electron chi connectivity index (χ3n) is 9.24. The fourth-order valence-electron chi connectivity index (χ4n) is 7.20. The molecule has 0 heterocycles. The van der Waals surface area contributed by atoms with E-state index in [1.54, 1.807) is 24.8 Å². The van der Waals surface area contributed by atoms with Crippen LogP contribution in [0.2, 0.25) is 0 Å². The molecule has 0 bridgehead atoms. The SMILES string of the molecule is CCCc1ccc(C2CCC3CC(CCC4CCC(CC)CC4)CCC3C2)cc1. The lowest BCUT2D eigenvalue weighted by Gasteiger charge is -2.43. The van der Waals surface area contributed by atoms with Gasteiger partial charge in [-0.25, -0.2) is 0 Å². The van der Waals surface area contributed by atoms with Crippen molar-refractivity contribution in [2.75, 3.05) is 0 Å². The standard InChI is InChI=1S/C29H46/c1-3-5-23-12-15-26(16-13-23)28-19-18-27-20-25(14-17-29(27)21-28)11-10-24-8-6-22(4-2)7-9-24/h12-13,15-16,22,24-25,27-29H,3-11,14,17-21H2,1-2H3. The van der Waals surface area contributed by atoms with Crippen LogP contribution >= 0.6 is 0 Å². The molecule has 0 heteroatoms. The first-order chi connectivity index (χ1) is 14.2. The summed E-state index contributed by atoms with van der Waals surface area (Å²) < 4.78 is 0. The van der Waals surface area contributed by atoms with Gasteiger partial charge >= 0.3 is 0 Å². The van der Waals surface area contributed by atoms with Crippen molar-refractivity contribution in [3.05, 3.63) is 35.4 Å². The van der Waals surface area contributed by atoms with Crippen LogP contribution in [0.15, 0.2) is 24.3 Å². The molecule has 3 aliphatic rings. The predicted molar refractivity (Wildman–Crippen MR) is 126 cm³/mol. The molecule has 0 amide bonds. The average molecular weight is 395 g/mol. The maximum absolute atomic E-state index is 2.45. The molecule has 4 atom stereocenters. The summed E-state index contributed by atoms with van der Waals surface area (Å²) in [7, 11) is 0. The second kappa shape index (κ2) is 10.5. The molecule has 3 aliphatic carbocycles. The van der Waals surface area contributed by atoms with E-state index in [4.69, 9.17) is 0 Å². The Morgan fingerprint density at radius 1 is 0.655 bits per heavy atom. The number of hydrogen-bond donors (Lipinski definition) is 0. The molecule has 29 heavy (non-hydrogen) atoms. The summed E-state index contributed by atoms with van der Waals surface area (Å²) in [6.07, 6.45) is 22.2. The number of rotatable bonds is 7. The third-order valence-corrected chi connectivity index (χ3v) is 9.24. The highest BCUT2D eigenvalue weighted by Crippen LogP contribution is 2.48. The van der Waals surface area contributed by atoms with Crippen molar-refractivity contribution < 1.29 is 0 Å². The molecule has 4 rings (SSSR count). The van der Waals surface area contributed by atoms with Gasteiger partial charge in [-0.2, -0.15) is 0 Å². The van der Waals surface area contributed by atoms with Crippen LogP contribution in [0, 0.1) is 29.6 Å². The second-order valence-corrected chi connectivity index (χ2v) is 11.1. The molecule has 0 spiro atoms. The summed E-state index contributed by atoms with van der Waals surface area (Å²) in [4.78, 5) is 0. The van der Waals surface area contributed by atoms with Gasteiger partial charge in [0.1, 0.15) is 0 Å². The molecular weight excluding hydrogens is 348 g/mol. The lowest BCUT2D eigenvalue weighted by atomic mass is 9.63. The molecule has 0 saturated heterocycles. The molecule has 0 radical (unpaired) electrons. The fourth-order valence-corrected chi connectivity index (χ4v) is 7.20. The lowest BCUT2D eigenvalue weighted by molar-refractivity contribution is 0.109. The summed E-state index contributed by atoms with van der Waals surface area (Å²) in [5.74, 6) is 6.12. The summed E-state index contributed by atoms with van der Waals surface area (Å²) in [5, 5.41) is 0. The van der Waals surface area contributed by atoms with Crippen LogP contribution in [-0.2, 0) is 6.42 Å². The van der Waals surface area contributed by atoms with Crippen molar-refractivity contribution in [1.82, 2.24) is 0 Å². The van der Waals surface area contributed by atoms with Gasteiger partial charge < -0.3 is 0 Å². The van der Waals surface area contributed by atoms with Gasteiger partial charge in [0.25, 0.3) is 0 Å². The Morgan fingerprint density at radius 3 is 2.00 bits per heavy atom. The van der Waals surface area contributed by atoms with E-state index in [9.17, 15) is 0 Å². The third kappa shape index (κ3) is 5.68. The van der Waals surface area contributed by atoms with Crippen molar-refractivity contribution >= 4 is 0 Å². The first-order valence-corrected chi connectivity index (χ1v) is 13.3. The van der Waals surface area contributed by atoms with Gasteiger partial charge in [0.15, 0.2) is 0 Å². The van der Waals surface area contributed by atoms with Crippen LogP contribution in [0.5, 0.6) is 0 Å². The largest absolute Gasteiger partial charge is 0.0651 e. The minimum absolute atomic E-state index is 0.845. The first kappa shape index (κ1) is 21.5.